The minimum absolute atomic E-state index is 0.0757. The maximum Gasteiger partial charge on any atom is 0.123 e. The van der Waals surface area contributed by atoms with Crippen LogP contribution in [0, 0.1) is 0 Å². The van der Waals surface area contributed by atoms with Gasteiger partial charge in [0.15, 0.2) is 0 Å². The molecule has 0 saturated carbocycles. The number of nitrogens with zero attached hydrogens (tertiary/aromatic N) is 1. The Bertz CT molecular complexity index is 525. The van der Waals surface area contributed by atoms with Crippen LogP contribution in [0.15, 0.2) is 30.6 Å². The molecule has 2 aromatic rings. The first-order chi connectivity index (χ1) is 9.11. The summed E-state index contributed by atoms with van der Waals surface area (Å²) in [4.78, 5) is 7.33. The second-order valence-corrected chi connectivity index (χ2v) is 4.57. The van der Waals surface area contributed by atoms with Crippen molar-refractivity contribution in [1.29, 1.82) is 0 Å². The molecule has 2 rings (SSSR count). The number of imidazole rings is 1. The first-order valence-corrected chi connectivity index (χ1v) is 6.39. The lowest BCUT2D eigenvalue weighted by molar-refractivity contribution is 0.411. The number of hydrogen-bond acceptors (Lipinski definition) is 4. The topological polar surface area (TPSA) is 81.2 Å². The van der Waals surface area contributed by atoms with Crippen LogP contribution in [-0.2, 0) is 0 Å². The molecule has 0 saturated heterocycles. The van der Waals surface area contributed by atoms with E-state index in [9.17, 15) is 10.2 Å². The second-order valence-electron chi connectivity index (χ2n) is 4.57. The Morgan fingerprint density at radius 3 is 2.79 bits per heavy atom. The standard InChI is InChI=1S/C14H19N3O2/c1-3-12(14-15-6-7-16-14)17-9(2)11-8-10(18)4-5-13(11)19/h4-9,12,17-19H,3H2,1-2H3,(H,15,16). The Balaban J connectivity index is 2.15. The molecule has 0 aliphatic rings. The average molecular weight is 261 g/mol. The number of nitrogens with one attached hydrogen (secondary N) is 2. The minimum Gasteiger partial charge on any atom is -0.508 e. The summed E-state index contributed by atoms with van der Waals surface area (Å²) < 4.78 is 0. The van der Waals surface area contributed by atoms with Gasteiger partial charge in [0.25, 0.3) is 0 Å². The predicted octanol–water partition coefficient (Wildman–Crippen LogP) is 2.62. The third kappa shape index (κ3) is 3.06. The Morgan fingerprint density at radius 1 is 1.37 bits per heavy atom. The van der Waals surface area contributed by atoms with Crippen LogP contribution in [0.2, 0.25) is 0 Å². The molecule has 1 heterocycles. The zero-order valence-corrected chi connectivity index (χ0v) is 11.1. The first kappa shape index (κ1) is 13.4. The molecule has 4 N–H and O–H groups in total. The van der Waals surface area contributed by atoms with Crippen molar-refractivity contribution in [3.8, 4) is 11.5 Å². The van der Waals surface area contributed by atoms with Gasteiger partial charge in [0.1, 0.15) is 17.3 Å². The molecule has 1 aromatic heterocycles. The van der Waals surface area contributed by atoms with Gasteiger partial charge >= 0.3 is 0 Å². The number of aromatic nitrogens is 2. The smallest absolute Gasteiger partial charge is 0.123 e. The van der Waals surface area contributed by atoms with Crippen LogP contribution in [0.4, 0.5) is 0 Å². The lowest BCUT2D eigenvalue weighted by Gasteiger charge is -2.21. The molecule has 5 heteroatoms. The fraction of sp³-hybridized carbons (Fsp3) is 0.357. The van der Waals surface area contributed by atoms with Gasteiger partial charge in [-0.15, -0.1) is 0 Å². The summed E-state index contributed by atoms with van der Waals surface area (Å²) in [5.74, 6) is 1.19. The molecule has 2 unspecified atom stereocenters. The van der Waals surface area contributed by atoms with E-state index in [-0.39, 0.29) is 23.6 Å². The largest absolute Gasteiger partial charge is 0.508 e. The van der Waals surface area contributed by atoms with Crippen LogP contribution in [0.25, 0.3) is 0 Å². The van der Waals surface area contributed by atoms with E-state index >= 15 is 0 Å². The number of phenols is 2. The normalized spacial score (nSPS) is 14.2. The van der Waals surface area contributed by atoms with E-state index in [1.807, 2.05) is 6.92 Å². The molecule has 1 aromatic carbocycles. The van der Waals surface area contributed by atoms with E-state index in [2.05, 4.69) is 22.2 Å². The molecule has 5 nitrogen and oxygen atoms in total. The van der Waals surface area contributed by atoms with E-state index in [0.717, 1.165) is 12.2 Å². The van der Waals surface area contributed by atoms with E-state index in [0.29, 0.717) is 5.56 Å². The maximum atomic E-state index is 9.85. The third-order valence-electron chi connectivity index (χ3n) is 3.19. The molecule has 0 bridgehead atoms. The number of hydrogen-bond donors (Lipinski definition) is 4. The van der Waals surface area contributed by atoms with Crippen molar-refractivity contribution in [1.82, 2.24) is 15.3 Å². The van der Waals surface area contributed by atoms with Gasteiger partial charge in [-0.05, 0) is 31.5 Å². The third-order valence-corrected chi connectivity index (χ3v) is 3.19. The average Bonchev–Trinajstić information content (AvgIpc) is 2.92. The fourth-order valence-electron chi connectivity index (χ4n) is 2.14. The molecular weight excluding hydrogens is 242 g/mol. The van der Waals surface area contributed by atoms with Crippen molar-refractivity contribution in [3.63, 3.8) is 0 Å². The number of phenolic OH excluding ortho intramolecular Hbond substituents is 2. The summed E-state index contributed by atoms with van der Waals surface area (Å²) in [7, 11) is 0. The Morgan fingerprint density at radius 2 is 2.16 bits per heavy atom. The molecule has 0 spiro atoms. The fourth-order valence-corrected chi connectivity index (χ4v) is 2.14. The summed E-state index contributed by atoms with van der Waals surface area (Å²) in [6.45, 7) is 4.01. The number of H-pyrrole nitrogens is 1. The molecule has 0 amide bonds. The molecule has 102 valence electrons. The van der Waals surface area contributed by atoms with Crippen molar-refractivity contribution < 1.29 is 10.2 Å². The Kier molecular flexibility index (Phi) is 4.06. The summed E-state index contributed by atoms with van der Waals surface area (Å²) in [6.07, 6.45) is 4.38. The van der Waals surface area contributed by atoms with Gasteiger partial charge in [0.05, 0.1) is 6.04 Å². The van der Waals surface area contributed by atoms with E-state index < -0.39 is 0 Å². The van der Waals surface area contributed by atoms with Gasteiger partial charge in [-0.25, -0.2) is 4.98 Å². The highest BCUT2D eigenvalue weighted by atomic mass is 16.3. The predicted molar refractivity (Wildman–Crippen MR) is 72.9 cm³/mol. The maximum absolute atomic E-state index is 9.85. The van der Waals surface area contributed by atoms with Gasteiger partial charge in [0, 0.05) is 24.0 Å². The zero-order valence-electron chi connectivity index (χ0n) is 11.1. The van der Waals surface area contributed by atoms with E-state index in [4.69, 9.17) is 0 Å². The van der Waals surface area contributed by atoms with Crippen LogP contribution in [0.1, 0.15) is 43.7 Å². The molecule has 0 aliphatic carbocycles. The highest BCUT2D eigenvalue weighted by Gasteiger charge is 2.18. The molecule has 0 radical (unpaired) electrons. The van der Waals surface area contributed by atoms with Crippen molar-refractivity contribution >= 4 is 0 Å². The quantitative estimate of drug-likeness (QED) is 0.624. The minimum atomic E-state index is -0.0952. The summed E-state index contributed by atoms with van der Waals surface area (Å²) in [5.41, 5.74) is 0.671. The second kappa shape index (κ2) is 5.75. The molecule has 0 fully saturated rings. The van der Waals surface area contributed by atoms with Gasteiger partial charge < -0.3 is 20.5 Å². The Labute approximate surface area is 112 Å². The monoisotopic (exact) mass is 261 g/mol. The van der Waals surface area contributed by atoms with Crippen molar-refractivity contribution in [2.24, 2.45) is 0 Å². The number of aromatic amines is 1. The lowest BCUT2D eigenvalue weighted by Crippen LogP contribution is -2.25. The molecule has 2 atom stereocenters. The number of rotatable bonds is 5. The van der Waals surface area contributed by atoms with E-state index in [1.54, 1.807) is 18.5 Å². The molecular formula is C14H19N3O2. The number of aromatic hydroxyl groups is 2. The SMILES string of the molecule is CCC(NC(C)c1cc(O)ccc1O)c1ncc[nH]1. The van der Waals surface area contributed by atoms with Crippen LogP contribution in [0.3, 0.4) is 0 Å². The van der Waals surface area contributed by atoms with Gasteiger partial charge in [-0.2, -0.15) is 0 Å². The lowest BCUT2D eigenvalue weighted by atomic mass is 10.0. The number of benzene rings is 1. The van der Waals surface area contributed by atoms with Gasteiger partial charge in [0.2, 0.25) is 0 Å². The van der Waals surface area contributed by atoms with Crippen LogP contribution in [-0.4, -0.2) is 20.2 Å². The highest BCUT2D eigenvalue weighted by Crippen LogP contribution is 2.29. The van der Waals surface area contributed by atoms with Gasteiger partial charge in [-0.1, -0.05) is 6.92 Å². The summed E-state index contributed by atoms with van der Waals surface area (Å²) >= 11 is 0. The molecule has 0 aliphatic heterocycles. The zero-order chi connectivity index (χ0) is 13.8. The summed E-state index contributed by atoms with van der Waals surface area (Å²) in [5, 5.41) is 22.7. The highest BCUT2D eigenvalue weighted by molar-refractivity contribution is 5.40. The van der Waals surface area contributed by atoms with Crippen LogP contribution in [0.5, 0.6) is 11.5 Å². The molecule has 19 heavy (non-hydrogen) atoms. The summed E-state index contributed by atoms with van der Waals surface area (Å²) in [6, 6.07) is 4.52. The van der Waals surface area contributed by atoms with E-state index in [1.165, 1.54) is 12.1 Å². The van der Waals surface area contributed by atoms with Crippen LogP contribution < -0.4 is 5.32 Å². The van der Waals surface area contributed by atoms with Crippen molar-refractivity contribution in [3.05, 3.63) is 42.0 Å². The van der Waals surface area contributed by atoms with Crippen molar-refractivity contribution in [2.75, 3.05) is 0 Å². The Hall–Kier alpha value is -2.01. The van der Waals surface area contributed by atoms with Gasteiger partial charge in [-0.3, -0.25) is 0 Å². The van der Waals surface area contributed by atoms with Crippen molar-refractivity contribution in [2.45, 2.75) is 32.4 Å². The first-order valence-electron chi connectivity index (χ1n) is 6.39. The van der Waals surface area contributed by atoms with Crippen LogP contribution >= 0.6 is 0 Å².